The van der Waals surface area contributed by atoms with Gasteiger partial charge in [0.05, 0.1) is 5.75 Å². The molecule has 0 atom stereocenters. The SMILES string of the molecule is NC1(c2ccccc2SCC(F)F)CCCC1. The average molecular weight is 257 g/mol. The van der Waals surface area contributed by atoms with Crippen LogP contribution in [-0.4, -0.2) is 12.2 Å². The van der Waals surface area contributed by atoms with Crippen LogP contribution in [0.2, 0.25) is 0 Å². The lowest BCUT2D eigenvalue weighted by molar-refractivity contribution is 0.177. The van der Waals surface area contributed by atoms with E-state index in [1.807, 2.05) is 24.3 Å². The van der Waals surface area contributed by atoms with Crippen LogP contribution in [0.4, 0.5) is 8.78 Å². The number of benzene rings is 1. The zero-order valence-corrected chi connectivity index (χ0v) is 10.5. The molecule has 4 heteroatoms. The minimum absolute atomic E-state index is 0.160. The van der Waals surface area contributed by atoms with Crippen molar-refractivity contribution in [2.24, 2.45) is 5.73 Å². The van der Waals surface area contributed by atoms with Gasteiger partial charge in [0.2, 0.25) is 6.43 Å². The lowest BCUT2D eigenvalue weighted by atomic mass is 9.89. The molecule has 0 aromatic heterocycles. The second kappa shape index (κ2) is 5.36. The second-order valence-corrected chi connectivity index (χ2v) is 5.62. The first-order valence-electron chi connectivity index (χ1n) is 5.91. The summed E-state index contributed by atoms with van der Waals surface area (Å²) in [5.74, 6) is -0.160. The van der Waals surface area contributed by atoms with Crippen molar-refractivity contribution in [1.29, 1.82) is 0 Å². The van der Waals surface area contributed by atoms with Crippen molar-refractivity contribution in [2.75, 3.05) is 5.75 Å². The smallest absolute Gasteiger partial charge is 0.247 e. The molecular weight excluding hydrogens is 240 g/mol. The van der Waals surface area contributed by atoms with Gasteiger partial charge in [-0.25, -0.2) is 8.78 Å². The number of rotatable bonds is 4. The number of nitrogens with two attached hydrogens (primary N) is 1. The molecule has 0 radical (unpaired) electrons. The maximum absolute atomic E-state index is 12.3. The predicted molar refractivity (Wildman–Crippen MR) is 67.5 cm³/mol. The quantitative estimate of drug-likeness (QED) is 0.831. The third kappa shape index (κ3) is 2.99. The summed E-state index contributed by atoms with van der Waals surface area (Å²) in [5, 5.41) is 0. The highest BCUT2D eigenvalue weighted by molar-refractivity contribution is 7.99. The summed E-state index contributed by atoms with van der Waals surface area (Å²) in [6.07, 6.45) is 1.90. The molecule has 0 aliphatic heterocycles. The molecule has 0 heterocycles. The Morgan fingerprint density at radius 2 is 1.88 bits per heavy atom. The summed E-state index contributed by atoms with van der Waals surface area (Å²) >= 11 is 1.21. The highest BCUT2D eigenvalue weighted by Gasteiger charge is 2.33. The van der Waals surface area contributed by atoms with Gasteiger partial charge in [-0.1, -0.05) is 31.0 Å². The van der Waals surface area contributed by atoms with E-state index >= 15 is 0 Å². The van der Waals surface area contributed by atoms with Crippen LogP contribution in [-0.2, 0) is 5.54 Å². The van der Waals surface area contributed by atoms with Crippen molar-refractivity contribution in [3.63, 3.8) is 0 Å². The lowest BCUT2D eigenvalue weighted by Gasteiger charge is -2.26. The van der Waals surface area contributed by atoms with Crippen molar-refractivity contribution in [1.82, 2.24) is 0 Å². The molecular formula is C13H17F2NS. The summed E-state index contributed by atoms with van der Waals surface area (Å²) < 4.78 is 24.5. The molecule has 2 N–H and O–H groups in total. The topological polar surface area (TPSA) is 26.0 Å². The fraction of sp³-hybridized carbons (Fsp3) is 0.538. The van der Waals surface area contributed by atoms with Crippen LogP contribution in [0.5, 0.6) is 0 Å². The van der Waals surface area contributed by atoms with Crippen LogP contribution in [0.3, 0.4) is 0 Å². The standard InChI is InChI=1S/C13H17F2NS/c14-12(15)9-17-11-6-2-1-5-10(11)13(16)7-3-4-8-13/h1-2,5-6,12H,3-4,7-9,16H2. The van der Waals surface area contributed by atoms with E-state index in [2.05, 4.69) is 0 Å². The maximum Gasteiger partial charge on any atom is 0.247 e. The van der Waals surface area contributed by atoms with E-state index in [-0.39, 0.29) is 11.3 Å². The third-order valence-electron chi connectivity index (χ3n) is 3.28. The third-order valence-corrected chi connectivity index (χ3v) is 4.37. The van der Waals surface area contributed by atoms with Gasteiger partial charge < -0.3 is 5.73 Å². The summed E-state index contributed by atoms with van der Waals surface area (Å²) in [6.45, 7) is 0. The first-order chi connectivity index (χ1) is 8.12. The number of halogens is 2. The molecule has 0 unspecified atom stereocenters. The predicted octanol–water partition coefficient (Wildman–Crippen LogP) is 3.77. The van der Waals surface area contributed by atoms with E-state index in [9.17, 15) is 8.78 Å². The summed E-state index contributed by atoms with van der Waals surface area (Å²) in [7, 11) is 0. The Morgan fingerprint density at radius 3 is 2.53 bits per heavy atom. The van der Waals surface area contributed by atoms with Crippen LogP contribution < -0.4 is 5.73 Å². The van der Waals surface area contributed by atoms with E-state index in [0.29, 0.717) is 0 Å². The minimum atomic E-state index is -2.27. The van der Waals surface area contributed by atoms with Crippen LogP contribution in [0.1, 0.15) is 31.2 Å². The normalized spacial score (nSPS) is 18.8. The van der Waals surface area contributed by atoms with Crippen molar-refractivity contribution in [2.45, 2.75) is 42.5 Å². The van der Waals surface area contributed by atoms with Gasteiger partial charge in [-0.15, -0.1) is 11.8 Å². The largest absolute Gasteiger partial charge is 0.321 e. The Balaban J connectivity index is 2.21. The first kappa shape index (κ1) is 12.8. The van der Waals surface area contributed by atoms with E-state index < -0.39 is 6.43 Å². The number of hydrogen-bond donors (Lipinski definition) is 1. The number of thioether (sulfide) groups is 1. The summed E-state index contributed by atoms with van der Waals surface area (Å²) in [4.78, 5) is 0.914. The number of hydrogen-bond acceptors (Lipinski definition) is 2. The minimum Gasteiger partial charge on any atom is -0.321 e. The van der Waals surface area contributed by atoms with Crippen LogP contribution in [0.15, 0.2) is 29.2 Å². The van der Waals surface area contributed by atoms with Crippen molar-refractivity contribution in [3.8, 4) is 0 Å². The van der Waals surface area contributed by atoms with Gasteiger partial charge in [0, 0.05) is 10.4 Å². The fourth-order valence-corrected chi connectivity index (χ4v) is 3.34. The highest BCUT2D eigenvalue weighted by atomic mass is 32.2. The first-order valence-corrected chi connectivity index (χ1v) is 6.90. The molecule has 1 aromatic carbocycles. The van der Waals surface area contributed by atoms with E-state index in [1.165, 1.54) is 11.8 Å². The zero-order chi connectivity index (χ0) is 12.3. The maximum atomic E-state index is 12.3. The Bertz CT molecular complexity index is 375. The van der Waals surface area contributed by atoms with Crippen LogP contribution >= 0.6 is 11.8 Å². The molecule has 1 aliphatic carbocycles. The van der Waals surface area contributed by atoms with Gasteiger partial charge in [0.1, 0.15) is 0 Å². The van der Waals surface area contributed by atoms with E-state index in [1.54, 1.807) is 0 Å². The zero-order valence-electron chi connectivity index (χ0n) is 9.66. The molecule has 2 rings (SSSR count). The van der Waals surface area contributed by atoms with Gasteiger partial charge >= 0.3 is 0 Å². The molecule has 0 amide bonds. The van der Waals surface area contributed by atoms with Crippen molar-refractivity contribution in [3.05, 3.63) is 29.8 Å². The highest BCUT2D eigenvalue weighted by Crippen LogP contribution is 2.40. The average Bonchev–Trinajstić information content (AvgIpc) is 2.75. The molecule has 1 aliphatic rings. The van der Waals surface area contributed by atoms with E-state index in [4.69, 9.17) is 5.73 Å². The van der Waals surface area contributed by atoms with Crippen LogP contribution in [0.25, 0.3) is 0 Å². The monoisotopic (exact) mass is 257 g/mol. The van der Waals surface area contributed by atoms with Crippen molar-refractivity contribution < 1.29 is 8.78 Å². The van der Waals surface area contributed by atoms with E-state index in [0.717, 1.165) is 36.1 Å². The van der Waals surface area contributed by atoms with Gasteiger partial charge in [0.15, 0.2) is 0 Å². The second-order valence-electron chi connectivity index (χ2n) is 4.56. The van der Waals surface area contributed by atoms with Gasteiger partial charge in [-0.2, -0.15) is 0 Å². The molecule has 17 heavy (non-hydrogen) atoms. The van der Waals surface area contributed by atoms with Crippen molar-refractivity contribution >= 4 is 11.8 Å². The van der Waals surface area contributed by atoms with Gasteiger partial charge in [-0.3, -0.25) is 0 Å². The molecule has 1 saturated carbocycles. The van der Waals surface area contributed by atoms with Gasteiger partial charge in [0.25, 0.3) is 0 Å². The Labute approximate surface area is 105 Å². The lowest BCUT2D eigenvalue weighted by Crippen LogP contribution is -2.33. The Kier molecular flexibility index (Phi) is 4.05. The molecule has 0 saturated heterocycles. The Morgan fingerprint density at radius 1 is 1.24 bits per heavy atom. The van der Waals surface area contributed by atoms with Crippen LogP contribution in [0, 0.1) is 0 Å². The number of alkyl halides is 2. The fourth-order valence-electron chi connectivity index (χ4n) is 2.43. The Hall–Kier alpha value is -0.610. The molecule has 0 bridgehead atoms. The molecule has 1 aromatic rings. The summed E-state index contributed by atoms with van der Waals surface area (Å²) in [6, 6.07) is 7.71. The molecule has 1 fully saturated rings. The summed E-state index contributed by atoms with van der Waals surface area (Å²) in [5.41, 5.74) is 7.13. The molecule has 1 nitrogen and oxygen atoms in total. The molecule has 94 valence electrons. The van der Waals surface area contributed by atoms with Gasteiger partial charge in [-0.05, 0) is 24.5 Å². The molecule has 0 spiro atoms.